The van der Waals surface area contributed by atoms with Crippen molar-refractivity contribution in [2.75, 3.05) is 18.0 Å². The molecule has 0 aliphatic carbocycles. The smallest absolute Gasteiger partial charge is 0.0491 e. The van der Waals surface area contributed by atoms with E-state index in [1.807, 2.05) is 24.5 Å². The number of hydrogen-bond acceptors (Lipinski definition) is 2. The Labute approximate surface area is 86.4 Å². The molecule has 2 heterocycles. The van der Waals surface area contributed by atoms with Gasteiger partial charge in [-0.3, -0.25) is 4.98 Å². The lowest BCUT2D eigenvalue weighted by Gasteiger charge is -2.27. The van der Waals surface area contributed by atoms with Gasteiger partial charge in [0.15, 0.2) is 0 Å². The van der Waals surface area contributed by atoms with Gasteiger partial charge in [0.2, 0.25) is 0 Å². The van der Waals surface area contributed by atoms with E-state index >= 15 is 0 Å². The van der Waals surface area contributed by atoms with Crippen LogP contribution in [0.4, 0.5) is 5.69 Å². The molecule has 1 aromatic heterocycles. The van der Waals surface area contributed by atoms with Crippen LogP contribution < -0.4 is 4.90 Å². The molecule has 3 heteroatoms. The second-order valence-electron chi connectivity index (χ2n) is 3.07. The van der Waals surface area contributed by atoms with Crippen LogP contribution >= 0.6 is 15.9 Å². The molecule has 0 unspecified atom stereocenters. The minimum Gasteiger partial charge on any atom is -0.366 e. The molecule has 0 amide bonds. The Balaban J connectivity index is 2.15. The number of pyridine rings is 1. The minimum atomic E-state index is 0.976. The maximum Gasteiger partial charge on any atom is 0.0491 e. The topological polar surface area (TPSA) is 16.1 Å². The zero-order valence-electron chi connectivity index (χ0n) is 7.28. The Morgan fingerprint density at radius 3 is 2.77 bits per heavy atom. The van der Waals surface area contributed by atoms with Crippen LogP contribution in [-0.4, -0.2) is 18.1 Å². The fourth-order valence-corrected chi connectivity index (χ4v) is 2.01. The van der Waals surface area contributed by atoms with Gasteiger partial charge in [-0.1, -0.05) is 22.0 Å². The van der Waals surface area contributed by atoms with Gasteiger partial charge in [-0.2, -0.15) is 0 Å². The molecule has 0 N–H and O–H groups in total. The van der Waals surface area contributed by atoms with Gasteiger partial charge in [-0.15, -0.1) is 0 Å². The lowest BCUT2D eigenvalue weighted by Crippen LogP contribution is -2.28. The molecule has 68 valence electrons. The molecule has 13 heavy (non-hydrogen) atoms. The summed E-state index contributed by atoms with van der Waals surface area (Å²) in [7, 11) is 0. The van der Waals surface area contributed by atoms with Crippen molar-refractivity contribution >= 4 is 21.6 Å². The van der Waals surface area contributed by atoms with Gasteiger partial charge < -0.3 is 4.90 Å². The average molecular weight is 239 g/mol. The molecule has 0 spiro atoms. The Morgan fingerprint density at radius 1 is 1.31 bits per heavy atom. The number of rotatable bonds is 1. The van der Waals surface area contributed by atoms with E-state index in [1.165, 1.54) is 10.2 Å². The Hall–Kier alpha value is -0.830. The first kappa shape index (κ1) is 8.75. The van der Waals surface area contributed by atoms with Crippen LogP contribution in [0.5, 0.6) is 0 Å². The van der Waals surface area contributed by atoms with Crippen molar-refractivity contribution in [2.24, 2.45) is 0 Å². The summed E-state index contributed by atoms with van der Waals surface area (Å²) in [6, 6.07) is 4.09. The number of aromatic nitrogens is 1. The Bertz CT molecular complexity index is 308. The van der Waals surface area contributed by atoms with E-state index in [1.54, 1.807) is 0 Å². The normalized spacial score (nSPS) is 17.0. The zero-order valence-corrected chi connectivity index (χ0v) is 8.87. The number of nitrogens with zero attached hydrogens (tertiary/aromatic N) is 2. The highest BCUT2D eigenvalue weighted by Crippen LogP contribution is 2.21. The molecule has 0 atom stereocenters. The van der Waals surface area contributed by atoms with E-state index in [0.717, 1.165) is 19.5 Å². The molecule has 2 nitrogen and oxygen atoms in total. The molecule has 1 aliphatic heterocycles. The van der Waals surface area contributed by atoms with Gasteiger partial charge >= 0.3 is 0 Å². The standard InChI is InChI=1S/C10H11BrN2/c11-9-2-1-7-13(8-9)10-3-5-12-6-4-10/h2-6H,1,7-8H2. The highest BCUT2D eigenvalue weighted by molar-refractivity contribution is 9.11. The summed E-state index contributed by atoms with van der Waals surface area (Å²) in [5, 5.41) is 0. The maximum atomic E-state index is 4.01. The lowest BCUT2D eigenvalue weighted by molar-refractivity contribution is 0.815. The van der Waals surface area contributed by atoms with Crippen molar-refractivity contribution < 1.29 is 0 Å². The molecule has 0 bridgehead atoms. The molecule has 0 radical (unpaired) electrons. The summed E-state index contributed by atoms with van der Waals surface area (Å²) >= 11 is 3.53. The molecule has 0 aromatic carbocycles. The van der Waals surface area contributed by atoms with Gasteiger partial charge in [0.25, 0.3) is 0 Å². The molecular weight excluding hydrogens is 228 g/mol. The van der Waals surface area contributed by atoms with Crippen molar-refractivity contribution in [1.82, 2.24) is 4.98 Å². The van der Waals surface area contributed by atoms with Crippen molar-refractivity contribution in [1.29, 1.82) is 0 Å². The van der Waals surface area contributed by atoms with Crippen molar-refractivity contribution in [2.45, 2.75) is 6.42 Å². The summed E-state index contributed by atoms with van der Waals surface area (Å²) in [5.74, 6) is 0. The number of halogens is 1. The van der Waals surface area contributed by atoms with E-state index in [4.69, 9.17) is 0 Å². The van der Waals surface area contributed by atoms with Gasteiger partial charge in [0.05, 0.1) is 0 Å². The summed E-state index contributed by atoms with van der Waals surface area (Å²) < 4.78 is 1.27. The number of hydrogen-bond donors (Lipinski definition) is 0. The molecule has 0 saturated carbocycles. The minimum absolute atomic E-state index is 0.976. The molecule has 2 rings (SSSR count). The first-order chi connectivity index (χ1) is 6.36. The van der Waals surface area contributed by atoms with Crippen LogP contribution in [0.15, 0.2) is 35.1 Å². The van der Waals surface area contributed by atoms with Crippen molar-refractivity contribution in [3.05, 3.63) is 35.1 Å². The Morgan fingerprint density at radius 2 is 2.08 bits per heavy atom. The summed E-state index contributed by atoms with van der Waals surface area (Å²) in [6.45, 7) is 2.07. The first-order valence-electron chi connectivity index (χ1n) is 4.36. The van der Waals surface area contributed by atoms with E-state index in [0.29, 0.717) is 0 Å². The quantitative estimate of drug-likeness (QED) is 0.748. The SMILES string of the molecule is BrC1=CCCN(c2ccncc2)C1. The fraction of sp³-hybridized carbons (Fsp3) is 0.300. The van der Waals surface area contributed by atoms with Crippen LogP contribution in [0.1, 0.15) is 6.42 Å². The van der Waals surface area contributed by atoms with E-state index in [2.05, 4.69) is 31.9 Å². The highest BCUT2D eigenvalue weighted by Gasteiger charge is 2.10. The third-order valence-electron chi connectivity index (χ3n) is 2.13. The highest BCUT2D eigenvalue weighted by atomic mass is 79.9. The monoisotopic (exact) mass is 238 g/mol. The molecule has 0 saturated heterocycles. The summed E-state index contributed by atoms with van der Waals surface area (Å²) in [4.78, 5) is 6.35. The molecule has 1 aromatic rings. The lowest BCUT2D eigenvalue weighted by atomic mass is 10.2. The summed E-state index contributed by atoms with van der Waals surface area (Å²) in [5.41, 5.74) is 1.25. The van der Waals surface area contributed by atoms with Crippen LogP contribution in [-0.2, 0) is 0 Å². The van der Waals surface area contributed by atoms with E-state index < -0.39 is 0 Å². The summed E-state index contributed by atoms with van der Waals surface area (Å²) in [6.07, 6.45) is 7.02. The van der Waals surface area contributed by atoms with Crippen LogP contribution in [0.3, 0.4) is 0 Å². The van der Waals surface area contributed by atoms with Crippen LogP contribution in [0.2, 0.25) is 0 Å². The average Bonchev–Trinajstić information content (AvgIpc) is 2.19. The fourth-order valence-electron chi connectivity index (χ4n) is 1.48. The van der Waals surface area contributed by atoms with Gasteiger partial charge in [-0.25, -0.2) is 0 Å². The van der Waals surface area contributed by atoms with Crippen LogP contribution in [0.25, 0.3) is 0 Å². The molecule has 0 fully saturated rings. The predicted molar refractivity (Wildman–Crippen MR) is 58.1 cm³/mol. The Kier molecular flexibility index (Phi) is 2.64. The largest absolute Gasteiger partial charge is 0.366 e. The molecule has 1 aliphatic rings. The van der Waals surface area contributed by atoms with Gasteiger partial charge in [0.1, 0.15) is 0 Å². The second kappa shape index (κ2) is 3.92. The second-order valence-corrected chi connectivity index (χ2v) is 4.09. The first-order valence-corrected chi connectivity index (χ1v) is 5.15. The third-order valence-corrected chi connectivity index (χ3v) is 2.71. The third kappa shape index (κ3) is 2.10. The zero-order chi connectivity index (χ0) is 9.10. The van der Waals surface area contributed by atoms with Crippen LogP contribution in [0, 0.1) is 0 Å². The molecular formula is C10H11BrN2. The van der Waals surface area contributed by atoms with Gasteiger partial charge in [0, 0.05) is 35.7 Å². The van der Waals surface area contributed by atoms with Crippen molar-refractivity contribution in [3.63, 3.8) is 0 Å². The van der Waals surface area contributed by atoms with Crippen molar-refractivity contribution in [3.8, 4) is 0 Å². The van der Waals surface area contributed by atoms with E-state index in [9.17, 15) is 0 Å². The van der Waals surface area contributed by atoms with E-state index in [-0.39, 0.29) is 0 Å². The predicted octanol–water partition coefficient (Wildman–Crippen LogP) is 2.57. The maximum absolute atomic E-state index is 4.01. The van der Waals surface area contributed by atoms with Gasteiger partial charge in [-0.05, 0) is 18.6 Å². The number of anilines is 1.